The van der Waals surface area contributed by atoms with Crippen molar-refractivity contribution in [2.24, 2.45) is 0 Å². The summed E-state index contributed by atoms with van der Waals surface area (Å²) in [6.07, 6.45) is 10.9. The Morgan fingerprint density at radius 3 is 2.29 bits per heavy atom. The molecule has 1 aromatic rings. The first-order valence-electron chi connectivity index (χ1n) is 8.01. The van der Waals surface area contributed by atoms with E-state index in [4.69, 9.17) is 10.00 Å². The summed E-state index contributed by atoms with van der Waals surface area (Å²) in [5.74, 6) is 0.887. The van der Waals surface area contributed by atoms with E-state index in [-0.39, 0.29) is 0 Å². The van der Waals surface area contributed by atoms with Crippen molar-refractivity contribution in [1.82, 2.24) is 0 Å². The molecule has 0 amide bonds. The van der Waals surface area contributed by atoms with Crippen LogP contribution in [0.15, 0.2) is 24.3 Å². The molecule has 116 valence electrons. The Balaban J connectivity index is 1.99. The molecule has 0 bridgehead atoms. The highest BCUT2D eigenvalue weighted by molar-refractivity contribution is 9.09. The van der Waals surface area contributed by atoms with Gasteiger partial charge in [-0.2, -0.15) is 5.26 Å². The molecule has 1 aromatic carbocycles. The lowest BCUT2D eigenvalue weighted by molar-refractivity contribution is 0.304. The van der Waals surface area contributed by atoms with Gasteiger partial charge in [0.25, 0.3) is 0 Å². The lowest BCUT2D eigenvalue weighted by Crippen LogP contribution is -1.97. The van der Waals surface area contributed by atoms with Crippen molar-refractivity contribution in [2.75, 3.05) is 11.9 Å². The molecule has 0 N–H and O–H groups in total. The summed E-state index contributed by atoms with van der Waals surface area (Å²) in [5.41, 5.74) is 1.03. The van der Waals surface area contributed by atoms with Gasteiger partial charge in [-0.25, -0.2) is 0 Å². The first kappa shape index (κ1) is 18.0. The molecule has 0 heterocycles. The van der Waals surface area contributed by atoms with Crippen LogP contribution in [0, 0.1) is 11.3 Å². The van der Waals surface area contributed by atoms with E-state index in [1.54, 1.807) is 0 Å². The van der Waals surface area contributed by atoms with E-state index in [1.807, 2.05) is 24.3 Å². The van der Waals surface area contributed by atoms with E-state index >= 15 is 0 Å². The first-order valence-corrected chi connectivity index (χ1v) is 9.13. The lowest BCUT2D eigenvalue weighted by Gasteiger charge is -2.07. The number of halogens is 1. The Hall–Kier alpha value is -1.01. The number of benzene rings is 1. The van der Waals surface area contributed by atoms with Gasteiger partial charge in [0.2, 0.25) is 0 Å². The van der Waals surface area contributed by atoms with E-state index in [1.165, 1.54) is 44.9 Å². The van der Waals surface area contributed by atoms with Crippen LogP contribution in [0.3, 0.4) is 0 Å². The van der Waals surface area contributed by atoms with Gasteiger partial charge in [0.05, 0.1) is 19.1 Å². The zero-order valence-corrected chi connectivity index (χ0v) is 14.4. The minimum Gasteiger partial charge on any atom is -0.494 e. The van der Waals surface area contributed by atoms with Crippen LogP contribution >= 0.6 is 15.9 Å². The van der Waals surface area contributed by atoms with Crippen molar-refractivity contribution in [3.63, 3.8) is 0 Å². The van der Waals surface area contributed by atoms with Crippen LogP contribution in [0.5, 0.6) is 5.75 Å². The number of nitrogens with zero attached hydrogens (tertiary/aromatic N) is 1. The monoisotopic (exact) mass is 351 g/mol. The van der Waals surface area contributed by atoms with Crippen LogP contribution in [-0.4, -0.2) is 11.9 Å². The van der Waals surface area contributed by atoms with Crippen molar-refractivity contribution in [1.29, 1.82) is 5.26 Å². The van der Waals surface area contributed by atoms with Gasteiger partial charge in [0.1, 0.15) is 5.75 Å². The molecular weight excluding hydrogens is 326 g/mol. The minimum atomic E-state index is 0.451. The Bertz CT molecular complexity index is 414. The normalized spacial score (nSPS) is 10.3. The van der Waals surface area contributed by atoms with Gasteiger partial charge in [-0.05, 0) is 30.5 Å². The molecule has 0 spiro atoms. The summed E-state index contributed by atoms with van der Waals surface area (Å²) in [7, 11) is 0. The predicted molar refractivity (Wildman–Crippen MR) is 92.0 cm³/mol. The average Bonchev–Trinajstić information content (AvgIpc) is 2.50. The molecule has 21 heavy (non-hydrogen) atoms. The molecular formula is C18H26BrNO. The van der Waals surface area contributed by atoms with Crippen LogP contribution < -0.4 is 4.74 Å². The summed E-state index contributed by atoms with van der Waals surface area (Å²) < 4.78 is 5.74. The summed E-state index contributed by atoms with van der Waals surface area (Å²) in [6.45, 7) is 0.777. The van der Waals surface area contributed by atoms with Crippen LogP contribution in [0.25, 0.3) is 0 Å². The maximum absolute atomic E-state index is 8.68. The molecule has 2 nitrogen and oxygen atoms in total. The molecule has 0 saturated heterocycles. The standard InChI is InChI=1S/C18H26BrNO/c19-13-7-5-3-1-2-4-6-8-15-21-18-11-9-10-17(16-18)12-14-20/h9-11,16H,1-8,12-13,15H2. The van der Waals surface area contributed by atoms with Crippen molar-refractivity contribution in [3.05, 3.63) is 29.8 Å². The first-order chi connectivity index (χ1) is 10.4. The van der Waals surface area contributed by atoms with Gasteiger partial charge in [-0.15, -0.1) is 0 Å². The summed E-state index contributed by atoms with van der Waals surface area (Å²) in [4.78, 5) is 0. The third-order valence-electron chi connectivity index (χ3n) is 3.48. The smallest absolute Gasteiger partial charge is 0.119 e. The Labute approximate surface area is 137 Å². The fourth-order valence-corrected chi connectivity index (χ4v) is 2.68. The number of rotatable bonds is 12. The fraction of sp³-hybridized carbons (Fsp3) is 0.611. The highest BCUT2D eigenvalue weighted by Gasteiger charge is 1.97. The van der Waals surface area contributed by atoms with E-state index in [2.05, 4.69) is 22.0 Å². The number of nitriles is 1. The zero-order valence-electron chi connectivity index (χ0n) is 12.8. The molecule has 0 aliphatic heterocycles. The van der Waals surface area contributed by atoms with Crippen LogP contribution in [0.1, 0.15) is 56.9 Å². The van der Waals surface area contributed by atoms with Crippen molar-refractivity contribution >= 4 is 15.9 Å². The molecule has 0 atom stereocenters. The summed E-state index contributed by atoms with van der Waals surface area (Å²) in [6, 6.07) is 10.0. The molecule has 0 radical (unpaired) electrons. The van der Waals surface area contributed by atoms with Crippen molar-refractivity contribution in [2.45, 2.75) is 57.8 Å². The molecule has 1 rings (SSSR count). The second-order valence-electron chi connectivity index (χ2n) is 5.35. The van der Waals surface area contributed by atoms with Gasteiger partial charge in [0, 0.05) is 5.33 Å². The number of unbranched alkanes of at least 4 members (excludes halogenated alkanes) is 7. The van der Waals surface area contributed by atoms with Gasteiger partial charge >= 0.3 is 0 Å². The maximum atomic E-state index is 8.68. The van der Waals surface area contributed by atoms with Crippen molar-refractivity contribution < 1.29 is 4.74 Å². The Kier molecular flexibility index (Phi) is 10.9. The third-order valence-corrected chi connectivity index (χ3v) is 4.04. The molecule has 0 aliphatic carbocycles. The SMILES string of the molecule is N#CCc1cccc(OCCCCCCCCCCBr)c1. The minimum absolute atomic E-state index is 0.451. The van der Waals surface area contributed by atoms with Gasteiger partial charge in [-0.3, -0.25) is 0 Å². The number of alkyl halides is 1. The molecule has 0 unspecified atom stereocenters. The van der Waals surface area contributed by atoms with E-state index in [0.29, 0.717) is 6.42 Å². The maximum Gasteiger partial charge on any atom is 0.119 e. The van der Waals surface area contributed by atoms with Gasteiger partial charge < -0.3 is 4.74 Å². The lowest BCUT2D eigenvalue weighted by atomic mass is 10.1. The fourth-order valence-electron chi connectivity index (χ4n) is 2.28. The highest BCUT2D eigenvalue weighted by Crippen LogP contribution is 2.15. The Morgan fingerprint density at radius 1 is 0.952 bits per heavy atom. The van der Waals surface area contributed by atoms with E-state index < -0.39 is 0 Å². The topological polar surface area (TPSA) is 33.0 Å². The number of hydrogen-bond acceptors (Lipinski definition) is 2. The Morgan fingerprint density at radius 2 is 1.62 bits per heavy atom. The van der Waals surface area contributed by atoms with Crippen LogP contribution in [-0.2, 0) is 6.42 Å². The second kappa shape index (κ2) is 12.7. The summed E-state index contributed by atoms with van der Waals surface area (Å²) in [5, 5.41) is 9.82. The third kappa shape index (κ3) is 9.52. The van der Waals surface area contributed by atoms with Crippen LogP contribution in [0.4, 0.5) is 0 Å². The number of ether oxygens (including phenoxy) is 1. The second-order valence-corrected chi connectivity index (χ2v) is 6.14. The largest absolute Gasteiger partial charge is 0.494 e. The quantitative estimate of drug-likeness (QED) is 0.360. The summed E-state index contributed by atoms with van der Waals surface area (Å²) >= 11 is 3.46. The molecule has 0 saturated carbocycles. The molecule has 3 heteroatoms. The molecule has 0 aromatic heterocycles. The van der Waals surface area contributed by atoms with Crippen LogP contribution in [0.2, 0.25) is 0 Å². The molecule has 0 aliphatic rings. The highest BCUT2D eigenvalue weighted by atomic mass is 79.9. The predicted octanol–water partition coefficient (Wildman–Crippen LogP) is 5.65. The van der Waals surface area contributed by atoms with E-state index in [9.17, 15) is 0 Å². The van der Waals surface area contributed by atoms with Gasteiger partial charge in [-0.1, -0.05) is 66.6 Å². The number of hydrogen-bond donors (Lipinski definition) is 0. The average molecular weight is 352 g/mol. The molecule has 0 fully saturated rings. The van der Waals surface area contributed by atoms with Gasteiger partial charge in [0.15, 0.2) is 0 Å². The zero-order chi connectivity index (χ0) is 15.2. The van der Waals surface area contributed by atoms with E-state index in [0.717, 1.165) is 29.7 Å². The van der Waals surface area contributed by atoms with Crippen molar-refractivity contribution in [3.8, 4) is 11.8 Å².